The van der Waals surface area contributed by atoms with E-state index >= 15 is 0 Å². The van der Waals surface area contributed by atoms with E-state index in [2.05, 4.69) is 41.3 Å². The first-order valence-electron chi connectivity index (χ1n) is 6.83. The fraction of sp³-hybridized carbons (Fsp3) is 0.643. The molecule has 98 valence electrons. The monoisotopic (exact) mass is 263 g/mol. The second-order valence-corrected chi connectivity index (χ2v) is 6.69. The number of nitrogens with zero attached hydrogens (tertiary/aromatic N) is 2. The molecular weight excluding hydrogens is 242 g/mol. The second kappa shape index (κ2) is 4.67. The van der Waals surface area contributed by atoms with Crippen LogP contribution < -0.4 is 5.32 Å². The van der Waals surface area contributed by atoms with Crippen molar-refractivity contribution in [2.24, 2.45) is 5.41 Å². The molecule has 1 unspecified atom stereocenters. The zero-order valence-corrected chi connectivity index (χ0v) is 12.0. The van der Waals surface area contributed by atoms with Gasteiger partial charge in [0.15, 0.2) is 4.96 Å². The van der Waals surface area contributed by atoms with Gasteiger partial charge in [0.1, 0.15) is 0 Å². The van der Waals surface area contributed by atoms with E-state index in [4.69, 9.17) is 4.98 Å². The molecule has 0 bridgehead atoms. The van der Waals surface area contributed by atoms with Crippen LogP contribution in [0.2, 0.25) is 0 Å². The number of hydrogen-bond acceptors (Lipinski definition) is 3. The van der Waals surface area contributed by atoms with Crippen molar-refractivity contribution in [1.82, 2.24) is 14.7 Å². The largest absolute Gasteiger partial charge is 0.313 e. The molecule has 1 atom stereocenters. The van der Waals surface area contributed by atoms with Gasteiger partial charge in [-0.3, -0.25) is 4.40 Å². The molecule has 1 aliphatic rings. The van der Waals surface area contributed by atoms with E-state index in [1.165, 1.54) is 25.0 Å². The number of aromatic nitrogens is 2. The van der Waals surface area contributed by atoms with Gasteiger partial charge in [-0.1, -0.05) is 13.8 Å². The SMILES string of the molecule is CCC(C)(CNC1CC1)Cc1cn2ccsc2n1. The highest BCUT2D eigenvalue weighted by Gasteiger charge is 2.28. The van der Waals surface area contributed by atoms with E-state index in [1.807, 2.05) is 0 Å². The molecule has 2 aromatic heterocycles. The van der Waals surface area contributed by atoms with Gasteiger partial charge in [0.25, 0.3) is 0 Å². The smallest absolute Gasteiger partial charge is 0.193 e. The average Bonchev–Trinajstić information content (AvgIpc) is 2.97. The highest BCUT2D eigenvalue weighted by Crippen LogP contribution is 2.28. The van der Waals surface area contributed by atoms with Gasteiger partial charge >= 0.3 is 0 Å². The van der Waals surface area contributed by atoms with Gasteiger partial charge in [-0.25, -0.2) is 4.98 Å². The third kappa shape index (κ3) is 2.59. The summed E-state index contributed by atoms with van der Waals surface area (Å²) in [6.45, 7) is 5.77. The van der Waals surface area contributed by atoms with Gasteiger partial charge in [-0.2, -0.15) is 0 Å². The molecule has 0 spiro atoms. The summed E-state index contributed by atoms with van der Waals surface area (Å²) in [4.78, 5) is 5.81. The minimum absolute atomic E-state index is 0.326. The minimum Gasteiger partial charge on any atom is -0.313 e. The maximum Gasteiger partial charge on any atom is 0.193 e. The summed E-state index contributed by atoms with van der Waals surface area (Å²) in [7, 11) is 0. The van der Waals surface area contributed by atoms with Crippen molar-refractivity contribution >= 4 is 16.3 Å². The molecule has 1 fully saturated rings. The Bertz CT molecular complexity index is 497. The standard InChI is InChI=1S/C14H21N3S/c1-3-14(2,10-15-11-4-5-11)8-12-9-17-6-7-18-13(17)16-12/h6-7,9,11,15H,3-5,8,10H2,1-2H3. The van der Waals surface area contributed by atoms with Crippen LogP contribution in [0.3, 0.4) is 0 Å². The Labute approximate surface area is 112 Å². The van der Waals surface area contributed by atoms with Crippen molar-refractivity contribution in [1.29, 1.82) is 0 Å². The second-order valence-electron chi connectivity index (χ2n) is 5.82. The molecular formula is C14H21N3S. The molecule has 0 saturated heterocycles. The topological polar surface area (TPSA) is 29.3 Å². The Morgan fingerprint density at radius 3 is 3.06 bits per heavy atom. The highest BCUT2D eigenvalue weighted by molar-refractivity contribution is 7.15. The summed E-state index contributed by atoms with van der Waals surface area (Å²) in [5.74, 6) is 0. The van der Waals surface area contributed by atoms with Gasteiger partial charge in [-0.05, 0) is 31.1 Å². The van der Waals surface area contributed by atoms with Crippen LogP contribution in [-0.4, -0.2) is 22.0 Å². The zero-order valence-electron chi connectivity index (χ0n) is 11.1. The van der Waals surface area contributed by atoms with E-state index in [-0.39, 0.29) is 0 Å². The lowest BCUT2D eigenvalue weighted by molar-refractivity contribution is 0.287. The molecule has 0 aromatic carbocycles. The Kier molecular flexibility index (Phi) is 3.16. The molecule has 4 heteroatoms. The molecule has 3 nitrogen and oxygen atoms in total. The normalized spacial score (nSPS) is 19.2. The predicted molar refractivity (Wildman–Crippen MR) is 76.2 cm³/mol. The van der Waals surface area contributed by atoms with Crippen molar-refractivity contribution in [3.8, 4) is 0 Å². The molecule has 3 rings (SSSR count). The van der Waals surface area contributed by atoms with Crippen LogP contribution in [0.4, 0.5) is 0 Å². The summed E-state index contributed by atoms with van der Waals surface area (Å²) in [5.41, 5.74) is 1.55. The van der Waals surface area contributed by atoms with Crippen LogP contribution in [0, 0.1) is 5.41 Å². The van der Waals surface area contributed by atoms with Gasteiger partial charge < -0.3 is 5.32 Å². The predicted octanol–water partition coefficient (Wildman–Crippen LogP) is 3.11. The summed E-state index contributed by atoms with van der Waals surface area (Å²) < 4.78 is 2.13. The zero-order chi connectivity index (χ0) is 12.6. The van der Waals surface area contributed by atoms with E-state index in [9.17, 15) is 0 Å². The van der Waals surface area contributed by atoms with Crippen molar-refractivity contribution < 1.29 is 0 Å². The lowest BCUT2D eigenvalue weighted by Crippen LogP contribution is -2.34. The summed E-state index contributed by atoms with van der Waals surface area (Å²) in [6.07, 6.45) is 9.24. The van der Waals surface area contributed by atoms with Gasteiger partial charge in [-0.15, -0.1) is 11.3 Å². The minimum atomic E-state index is 0.326. The van der Waals surface area contributed by atoms with Crippen molar-refractivity contribution in [2.75, 3.05) is 6.54 Å². The molecule has 1 saturated carbocycles. The van der Waals surface area contributed by atoms with Crippen LogP contribution in [0.15, 0.2) is 17.8 Å². The molecule has 0 radical (unpaired) electrons. The molecule has 1 aliphatic carbocycles. The lowest BCUT2D eigenvalue weighted by Gasteiger charge is -2.28. The van der Waals surface area contributed by atoms with Crippen molar-refractivity contribution in [2.45, 2.75) is 45.6 Å². The van der Waals surface area contributed by atoms with E-state index in [0.717, 1.165) is 24.0 Å². The molecule has 1 N–H and O–H groups in total. The number of thiazole rings is 1. The van der Waals surface area contributed by atoms with Gasteiger partial charge in [0.2, 0.25) is 0 Å². The number of imidazole rings is 1. The number of hydrogen-bond donors (Lipinski definition) is 1. The van der Waals surface area contributed by atoms with Crippen LogP contribution in [0.1, 0.15) is 38.8 Å². The van der Waals surface area contributed by atoms with E-state index in [0.29, 0.717) is 5.41 Å². The van der Waals surface area contributed by atoms with E-state index < -0.39 is 0 Å². The van der Waals surface area contributed by atoms with Crippen LogP contribution in [0.5, 0.6) is 0 Å². The van der Waals surface area contributed by atoms with Gasteiger partial charge in [0.05, 0.1) is 5.69 Å². The first kappa shape index (κ1) is 12.2. The Morgan fingerprint density at radius 1 is 1.56 bits per heavy atom. The summed E-state index contributed by atoms with van der Waals surface area (Å²) >= 11 is 1.71. The quantitative estimate of drug-likeness (QED) is 0.867. The van der Waals surface area contributed by atoms with E-state index in [1.54, 1.807) is 11.3 Å². The van der Waals surface area contributed by atoms with Crippen LogP contribution in [0.25, 0.3) is 4.96 Å². The van der Waals surface area contributed by atoms with Gasteiger partial charge in [0, 0.05) is 30.4 Å². The summed E-state index contributed by atoms with van der Waals surface area (Å²) in [5, 5.41) is 5.75. The number of nitrogens with one attached hydrogen (secondary N) is 1. The highest BCUT2D eigenvalue weighted by atomic mass is 32.1. The lowest BCUT2D eigenvalue weighted by atomic mass is 9.83. The molecule has 18 heavy (non-hydrogen) atoms. The van der Waals surface area contributed by atoms with Crippen molar-refractivity contribution in [3.05, 3.63) is 23.5 Å². The fourth-order valence-electron chi connectivity index (χ4n) is 2.29. The van der Waals surface area contributed by atoms with Crippen LogP contribution >= 0.6 is 11.3 Å². The van der Waals surface area contributed by atoms with Crippen molar-refractivity contribution in [3.63, 3.8) is 0 Å². The third-order valence-corrected chi connectivity index (χ3v) is 4.77. The van der Waals surface area contributed by atoms with Crippen LogP contribution in [-0.2, 0) is 6.42 Å². The summed E-state index contributed by atoms with van der Waals surface area (Å²) in [6, 6.07) is 0.793. The first-order valence-corrected chi connectivity index (χ1v) is 7.71. The number of fused-ring (bicyclic) bond motifs is 1. The number of rotatable bonds is 6. The maximum atomic E-state index is 4.70. The Balaban J connectivity index is 1.69. The molecule has 2 aromatic rings. The Morgan fingerprint density at radius 2 is 2.39 bits per heavy atom. The average molecular weight is 263 g/mol. The molecule has 2 heterocycles. The maximum absolute atomic E-state index is 4.70. The first-order chi connectivity index (χ1) is 8.68. The Hall–Kier alpha value is -0.870. The third-order valence-electron chi connectivity index (χ3n) is 4.00. The molecule has 0 aliphatic heterocycles. The fourth-order valence-corrected chi connectivity index (χ4v) is 3.01. The molecule has 0 amide bonds.